The van der Waals surface area contributed by atoms with Gasteiger partial charge in [-0.3, -0.25) is 0 Å². The first kappa shape index (κ1) is 12.8. The Bertz CT molecular complexity index is 361. The summed E-state index contributed by atoms with van der Waals surface area (Å²) in [7, 11) is 2.08. The van der Waals surface area contributed by atoms with Crippen LogP contribution in [0.15, 0.2) is 22.7 Å². The van der Waals surface area contributed by atoms with E-state index in [0.29, 0.717) is 6.04 Å². The highest BCUT2D eigenvalue weighted by atomic mass is 127. The van der Waals surface area contributed by atoms with Crippen molar-refractivity contribution >= 4 is 38.5 Å². The standard InChI is InChI=1S/C13H17BrIN/c1-16-13(9-4-2-3-5-9)11-8-10(14)6-7-12(11)15/h6-9,13,16H,2-5H2,1H3. The summed E-state index contributed by atoms with van der Waals surface area (Å²) in [6.07, 6.45) is 5.53. The van der Waals surface area contributed by atoms with Crippen LogP contribution in [-0.4, -0.2) is 7.05 Å². The minimum absolute atomic E-state index is 0.520. The molecule has 1 atom stereocenters. The normalized spacial score (nSPS) is 18.9. The highest BCUT2D eigenvalue weighted by molar-refractivity contribution is 14.1. The molecule has 16 heavy (non-hydrogen) atoms. The molecule has 0 bridgehead atoms. The molecular formula is C13H17BrIN. The third-order valence-corrected chi connectivity index (χ3v) is 4.95. The quantitative estimate of drug-likeness (QED) is 0.745. The van der Waals surface area contributed by atoms with Crippen molar-refractivity contribution in [2.75, 3.05) is 7.05 Å². The van der Waals surface area contributed by atoms with E-state index in [1.807, 2.05) is 0 Å². The van der Waals surface area contributed by atoms with Crippen LogP contribution in [0.4, 0.5) is 0 Å². The zero-order chi connectivity index (χ0) is 11.5. The summed E-state index contributed by atoms with van der Waals surface area (Å²) < 4.78 is 2.55. The minimum Gasteiger partial charge on any atom is -0.313 e. The Labute approximate surface area is 120 Å². The van der Waals surface area contributed by atoms with Crippen molar-refractivity contribution in [1.82, 2.24) is 5.32 Å². The molecule has 1 unspecified atom stereocenters. The SMILES string of the molecule is CNC(c1cc(Br)ccc1I)C1CCCC1. The molecule has 0 spiro atoms. The van der Waals surface area contributed by atoms with Gasteiger partial charge in [0.1, 0.15) is 0 Å². The van der Waals surface area contributed by atoms with Crippen LogP contribution < -0.4 is 5.32 Å². The van der Waals surface area contributed by atoms with Crippen LogP contribution >= 0.6 is 38.5 Å². The molecule has 0 saturated heterocycles. The van der Waals surface area contributed by atoms with Gasteiger partial charge in [-0.1, -0.05) is 28.8 Å². The molecule has 0 radical (unpaired) electrons. The fourth-order valence-corrected chi connectivity index (χ4v) is 3.74. The average molecular weight is 394 g/mol. The average Bonchev–Trinajstić information content (AvgIpc) is 2.78. The number of hydrogen-bond acceptors (Lipinski definition) is 1. The van der Waals surface area contributed by atoms with Crippen LogP contribution in [0, 0.1) is 9.49 Å². The van der Waals surface area contributed by atoms with Crippen molar-refractivity contribution in [2.45, 2.75) is 31.7 Å². The minimum atomic E-state index is 0.520. The number of benzene rings is 1. The molecule has 1 aliphatic rings. The summed E-state index contributed by atoms with van der Waals surface area (Å²) in [5.74, 6) is 0.813. The Hall–Kier alpha value is 0.390. The van der Waals surface area contributed by atoms with E-state index in [1.165, 1.54) is 39.3 Å². The molecule has 0 aliphatic heterocycles. The zero-order valence-electron chi connectivity index (χ0n) is 9.47. The van der Waals surface area contributed by atoms with Crippen LogP contribution in [-0.2, 0) is 0 Å². The second-order valence-corrected chi connectivity index (χ2v) is 6.55. The van der Waals surface area contributed by atoms with Gasteiger partial charge < -0.3 is 5.32 Å². The largest absolute Gasteiger partial charge is 0.313 e. The van der Waals surface area contributed by atoms with Gasteiger partial charge in [0.2, 0.25) is 0 Å². The highest BCUT2D eigenvalue weighted by Gasteiger charge is 2.26. The van der Waals surface area contributed by atoms with Crippen LogP contribution in [0.3, 0.4) is 0 Å². The van der Waals surface area contributed by atoms with E-state index in [0.717, 1.165) is 5.92 Å². The molecule has 0 aromatic heterocycles. The fourth-order valence-electron chi connectivity index (χ4n) is 2.69. The van der Waals surface area contributed by atoms with E-state index in [9.17, 15) is 0 Å². The maximum atomic E-state index is 3.57. The summed E-state index contributed by atoms with van der Waals surface area (Å²) in [5, 5.41) is 3.50. The summed E-state index contributed by atoms with van der Waals surface area (Å²) in [4.78, 5) is 0. The molecule has 0 heterocycles. The van der Waals surface area contributed by atoms with E-state index < -0.39 is 0 Å². The van der Waals surface area contributed by atoms with Crippen molar-refractivity contribution in [1.29, 1.82) is 0 Å². The molecule has 0 amide bonds. The van der Waals surface area contributed by atoms with E-state index in [-0.39, 0.29) is 0 Å². The molecule has 1 fully saturated rings. The first-order valence-corrected chi connectivity index (χ1v) is 7.71. The highest BCUT2D eigenvalue weighted by Crippen LogP contribution is 2.37. The summed E-state index contributed by atoms with van der Waals surface area (Å²) >= 11 is 6.01. The van der Waals surface area contributed by atoms with Gasteiger partial charge in [0.25, 0.3) is 0 Å². The van der Waals surface area contributed by atoms with Crippen molar-refractivity contribution in [2.24, 2.45) is 5.92 Å². The van der Waals surface area contributed by atoms with Crippen molar-refractivity contribution in [3.8, 4) is 0 Å². The molecule has 1 nitrogen and oxygen atoms in total. The topological polar surface area (TPSA) is 12.0 Å². The third kappa shape index (κ3) is 2.79. The Kier molecular flexibility index (Phi) is 4.67. The smallest absolute Gasteiger partial charge is 0.0357 e. The summed E-state index contributed by atoms with van der Waals surface area (Å²) in [6.45, 7) is 0. The molecule has 3 heteroatoms. The van der Waals surface area contributed by atoms with Gasteiger partial charge in [-0.15, -0.1) is 0 Å². The number of nitrogens with one attached hydrogen (secondary N) is 1. The van der Waals surface area contributed by atoms with Crippen molar-refractivity contribution < 1.29 is 0 Å². The Morgan fingerprint density at radius 3 is 2.69 bits per heavy atom. The van der Waals surface area contributed by atoms with E-state index in [1.54, 1.807) is 0 Å². The maximum Gasteiger partial charge on any atom is 0.0357 e. The lowest BCUT2D eigenvalue weighted by molar-refractivity contribution is 0.389. The van der Waals surface area contributed by atoms with Crippen molar-refractivity contribution in [3.05, 3.63) is 31.8 Å². The lowest BCUT2D eigenvalue weighted by Crippen LogP contribution is -2.24. The van der Waals surface area contributed by atoms with E-state index >= 15 is 0 Å². The molecule has 1 aliphatic carbocycles. The predicted molar refractivity (Wildman–Crippen MR) is 80.6 cm³/mol. The Morgan fingerprint density at radius 1 is 1.38 bits per heavy atom. The van der Waals surface area contributed by atoms with Crippen LogP contribution in [0.5, 0.6) is 0 Å². The number of halogens is 2. The molecular weight excluding hydrogens is 377 g/mol. The maximum absolute atomic E-state index is 3.57. The van der Waals surface area contributed by atoms with Crippen LogP contribution in [0.2, 0.25) is 0 Å². The van der Waals surface area contributed by atoms with Gasteiger partial charge in [-0.05, 0) is 72.2 Å². The van der Waals surface area contributed by atoms with Gasteiger partial charge >= 0.3 is 0 Å². The van der Waals surface area contributed by atoms with Gasteiger partial charge in [-0.2, -0.15) is 0 Å². The molecule has 1 aromatic carbocycles. The molecule has 1 N–H and O–H groups in total. The predicted octanol–water partition coefficient (Wildman–Crippen LogP) is 4.50. The first-order valence-electron chi connectivity index (χ1n) is 5.84. The third-order valence-electron chi connectivity index (χ3n) is 3.48. The monoisotopic (exact) mass is 393 g/mol. The van der Waals surface area contributed by atoms with Crippen LogP contribution in [0.25, 0.3) is 0 Å². The lowest BCUT2D eigenvalue weighted by atomic mass is 9.92. The van der Waals surface area contributed by atoms with Gasteiger partial charge in [0, 0.05) is 14.1 Å². The second kappa shape index (κ2) is 5.83. The summed E-state index contributed by atoms with van der Waals surface area (Å²) in [6, 6.07) is 7.10. The van der Waals surface area contributed by atoms with E-state index in [2.05, 4.69) is 69.1 Å². The molecule has 1 saturated carbocycles. The molecule has 2 rings (SSSR count). The number of rotatable bonds is 3. The van der Waals surface area contributed by atoms with Gasteiger partial charge in [-0.25, -0.2) is 0 Å². The van der Waals surface area contributed by atoms with Crippen molar-refractivity contribution in [3.63, 3.8) is 0 Å². The van der Waals surface area contributed by atoms with E-state index in [4.69, 9.17) is 0 Å². The Morgan fingerprint density at radius 2 is 2.06 bits per heavy atom. The van der Waals surface area contributed by atoms with Gasteiger partial charge in [0.05, 0.1) is 0 Å². The molecule has 88 valence electrons. The number of hydrogen-bond donors (Lipinski definition) is 1. The Balaban J connectivity index is 2.28. The van der Waals surface area contributed by atoms with Gasteiger partial charge in [0.15, 0.2) is 0 Å². The fraction of sp³-hybridized carbons (Fsp3) is 0.538. The second-order valence-electron chi connectivity index (χ2n) is 4.48. The van der Waals surface area contributed by atoms with Crippen LogP contribution in [0.1, 0.15) is 37.3 Å². The molecule has 1 aromatic rings. The lowest BCUT2D eigenvalue weighted by Gasteiger charge is -2.24. The zero-order valence-corrected chi connectivity index (χ0v) is 13.2. The summed E-state index contributed by atoms with van der Waals surface area (Å²) in [5.41, 5.74) is 1.45. The first-order chi connectivity index (χ1) is 7.72.